The molecule has 0 aliphatic carbocycles. The number of carbonyl (C=O) groups is 1. The summed E-state index contributed by atoms with van der Waals surface area (Å²) >= 11 is 3.62. The first-order valence-electron chi connectivity index (χ1n) is 8.59. The second kappa shape index (κ2) is 7.95. The lowest BCUT2D eigenvalue weighted by Crippen LogP contribution is -2.46. The Hall–Kier alpha value is 0.0500. The molecular formula is C16H27NO4S2. The van der Waals surface area contributed by atoms with Crippen LogP contribution in [0.1, 0.15) is 26.7 Å². The number of esters is 1. The van der Waals surface area contributed by atoms with Gasteiger partial charge >= 0.3 is 5.97 Å². The lowest BCUT2D eigenvalue weighted by atomic mass is 9.80. The molecule has 23 heavy (non-hydrogen) atoms. The van der Waals surface area contributed by atoms with Crippen molar-refractivity contribution >= 4 is 29.5 Å². The molecule has 3 fully saturated rings. The van der Waals surface area contributed by atoms with Gasteiger partial charge in [-0.1, -0.05) is 0 Å². The predicted octanol–water partition coefficient (Wildman–Crippen LogP) is 1.88. The number of nitrogens with two attached hydrogens (primary N) is 1. The molecule has 7 atom stereocenters. The molecule has 3 saturated heterocycles. The van der Waals surface area contributed by atoms with Crippen molar-refractivity contribution in [3.05, 3.63) is 0 Å². The van der Waals surface area contributed by atoms with Crippen LogP contribution in [0.3, 0.4) is 0 Å². The van der Waals surface area contributed by atoms with E-state index in [1.807, 2.05) is 25.6 Å². The van der Waals surface area contributed by atoms with Gasteiger partial charge in [-0.2, -0.15) is 0 Å². The number of thioether (sulfide) groups is 2. The summed E-state index contributed by atoms with van der Waals surface area (Å²) in [4.78, 5) is 12.4. The first-order chi connectivity index (χ1) is 11.2. The van der Waals surface area contributed by atoms with Crippen molar-refractivity contribution in [2.45, 2.75) is 53.9 Å². The first kappa shape index (κ1) is 17.9. The van der Waals surface area contributed by atoms with Crippen molar-refractivity contribution in [2.75, 3.05) is 26.4 Å². The van der Waals surface area contributed by atoms with Crippen LogP contribution in [0.25, 0.3) is 0 Å². The lowest BCUT2D eigenvalue weighted by Gasteiger charge is -2.30. The van der Waals surface area contributed by atoms with Crippen LogP contribution in [0.5, 0.6) is 0 Å². The molecule has 132 valence electrons. The van der Waals surface area contributed by atoms with Gasteiger partial charge in [-0.25, -0.2) is 0 Å². The van der Waals surface area contributed by atoms with Crippen LogP contribution in [-0.2, 0) is 19.0 Å². The van der Waals surface area contributed by atoms with Gasteiger partial charge in [-0.15, -0.1) is 23.5 Å². The highest BCUT2D eigenvalue weighted by molar-refractivity contribution is 8.18. The van der Waals surface area contributed by atoms with E-state index in [0.29, 0.717) is 35.6 Å². The van der Waals surface area contributed by atoms with E-state index in [1.54, 1.807) is 11.8 Å². The smallest absolute Gasteiger partial charge is 0.319 e. The van der Waals surface area contributed by atoms with Crippen molar-refractivity contribution in [3.8, 4) is 0 Å². The van der Waals surface area contributed by atoms with E-state index in [4.69, 9.17) is 19.9 Å². The number of fused-ring (bicyclic) bond motifs is 1. The number of hydrogen-bond donors (Lipinski definition) is 1. The molecule has 0 aromatic heterocycles. The van der Waals surface area contributed by atoms with Crippen LogP contribution in [-0.4, -0.2) is 59.6 Å². The minimum atomic E-state index is -0.139. The molecule has 0 bridgehead atoms. The summed E-state index contributed by atoms with van der Waals surface area (Å²) in [6.45, 7) is 6.49. The standard InChI is InChI=1S/C16H27NO4S2/c1-3-19-8-10-13(17)12-11(9-6-5-7-21-9)14(15(18)20-4-2)23-16(12)22-10/h9-14,16H,3-8,17H2,1-2H3. The summed E-state index contributed by atoms with van der Waals surface area (Å²) in [5.41, 5.74) is 6.58. The van der Waals surface area contributed by atoms with Gasteiger partial charge in [0.05, 0.1) is 23.9 Å². The van der Waals surface area contributed by atoms with Crippen molar-refractivity contribution < 1.29 is 19.0 Å². The molecule has 0 radical (unpaired) electrons. The molecule has 3 aliphatic rings. The van der Waals surface area contributed by atoms with Gasteiger partial charge < -0.3 is 19.9 Å². The monoisotopic (exact) mass is 361 g/mol. The molecule has 7 heteroatoms. The Morgan fingerprint density at radius 3 is 2.74 bits per heavy atom. The zero-order valence-electron chi connectivity index (χ0n) is 13.8. The summed E-state index contributed by atoms with van der Waals surface area (Å²) in [5, 5.41) is 0.171. The molecule has 0 spiro atoms. The van der Waals surface area contributed by atoms with E-state index < -0.39 is 0 Å². The molecule has 5 nitrogen and oxygen atoms in total. The van der Waals surface area contributed by atoms with Crippen molar-refractivity contribution in [1.82, 2.24) is 0 Å². The van der Waals surface area contributed by atoms with Crippen molar-refractivity contribution in [3.63, 3.8) is 0 Å². The quantitative estimate of drug-likeness (QED) is 0.724. The van der Waals surface area contributed by atoms with Crippen LogP contribution >= 0.6 is 23.5 Å². The largest absolute Gasteiger partial charge is 0.465 e. The molecule has 7 unspecified atom stereocenters. The fourth-order valence-electron chi connectivity index (χ4n) is 3.95. The maximum Gasteiger partial charge on any atom is 0.319 e. The van der Waals surface area contributed by atoms with Gasteiger partial charge in [0.1, 0.15) is 5.25 Å². The van der Waals surface area contributed by atoms with E-state index in [-0.39, 0.29) is 29.3 Å². The zero-order valence-corrected chi connectivity index (χ0v) is 15.4. The summed E-state index contributed by atoms with van der Waals surface area (Å²) in [6.07, 6.45) is 2.24. The maximum atomic E-state index is 12.4. The average Bonchev–Trinajstić information content (AvgIpc) is 3.22. The molecule has 2 N–H and O–H groups in total. The van der Waals surface area contributed by atoms with Gasteiger partial charge in [-0.05, 0) is 26.7 Å². The number of carbonyl (C=O) groups excluding carboxylic acids is 1. The maximum absolute atomic E-state index is 12.4. The third kappa shape index (κ3) is 3.54. The van der Waals surface area contributed by atoms with Crippen LogP contribution in [0, 0.1) is 11.8 Å². The Morgan fingerprint density at radius 1 is 1.26 bits per heavy atom. The van der Waals surface area contributed by atoms with Crippen LogP contribution in [0.2, 0.25) is 0 Å². The third-order valence-corrected chi connectivity index (χ3v) is 8.40. The van der Waals surface area contributed by atoms with Crippen molar-refractivity contribution in [1.29, 1.82) is 0 Å². The highest BCUT2D eigenvalue weighted by Gasteiger charge is 2.59. The Labute approximate surface area is 146 Å². The van der Waals surface area contributed by atoms with Gasteiger partial charge in [0.15, 0.2) is 0 Å². The predicted molar refractivity (Wildman–Crippen MR) is 93.6 cm³/mol. The Balaban J connectivity index is 1.76. The average molecular weight is 362 g/mol. The van der Waals surface area contributed by atoms with Gasteiger partial charge in [-0.3, -0.25) is 4.79 Å². The van der Waals surface area contributed by atoms with E-state index in [9.17, 15) is 4.79 Å². The zero-order chi connectivity index (χ0) is 16.4. The Kier molecular flexibility index (Phi) is 6.18. The summed E-state index contributed by atoms with van der Waals surface area (Å²) in [6, 6.07) is 0.0534. The first-order valence-corrected chi connectivity index (χ1v) is 10.5. The molecule has 3 rings (SSSR count). The minimum absolute atomic E-state index is 0.0534. The molecule has 0 aromatic carbocycles. The fourth-order valence-corrected chi connectivity index (χ4v) is 7.97. The molecule has 3 aliphatic heterocycles. The molecule has 0 saturated carbocycles. The van der Waals surface area contributed by atoms with E-state index in [1.165, 1.54) is 0 Å². The normalized spacial score (nSPS) is 42.8. The van der Waals surface area contributed by atoms with Gasteiger partial charge in [0, 0.05) is 36.3 Å². The Morgan fingerprint density at radius 2 is 2.09 bits per heavy atom. The summed E-state index contributed by atoms with van der Waals surface area (Å²) in [5.74, 6) is 0.371. The van der Waals surface area contributed by atoms with Crippen LogP contribution in [0.15, 0.2) is 0 Å². The van der Waals surface area contributed by atoms with Gasteiger partial charge in [0.25, 0.3) is 0 Å². The van der Waals surface area contributed by atoms with E-state index in [2.05, 4.69) is 0 Å². The lowest BCUT2D eigenvalue weighted by molar-refractivity contribution is -0.144. The van der Waals surface area contributed by atoms with Crippen LogP contribution in [0.4, 0.5) is 0 Å². The molecule has 3 heterocycles. The van der Waals surface area contributed by atoms with Crippen molar-refractivity contribution in [2.24, 2.45) is 17.6 Å². The van der Waals surface area contributed by atoms with Gasteiger partial charge in [0.2, 0.25) is 0 Å². The van der Waals surface area contributed by atoms with Crippen LogP contribution < -0.4 is 5.73 Å². The topological polar surface area (TPSA) is 70.8 Å². The SMILES string of the molecule is CCOCC1SC2SC(C(=O)OCC)C(C3CCCO3)C2C1N. The third-order valence-electron chi connectivity index (χ3n) is 4.97. The highest BCUT2D eigenvalue weighted by Crippen LogP contribution is 2.58. The van der Waals surface area contributed by atoms with E-state index >= 15 is 0 Å². The Bertz CT molecular complexity index is 419. The minimum Gasteiger partial charge on any atom is -0.465 e. The fraction of sp³-hybridized carbons (Fsp3) is 0.938. The number of hydrogen-bond acceptors (Lipinski definition) is 7. The number of rotatable bonds is 6. The van der Waals surface area contributed by atoms with E-state index in [0.717, 1.165) is 19.4 Å². The summed E-state index contributed by atoms with van der Waals surface area (Å²) in [7, 11) is 0. The second-order valence-electron chi connectivity index (χ2n) is 6.29. The molecule has 0 aromatic rings. The summed E-state index contributed by atoms with van der Waals surface area (Å²) < 4.78 is 17.2. The number of ether oxygens (including phenoxy) is 3. The second-order valence-corrected chi connectivity index (χ2v) is 9.27. The molecular weight excluding hydrogens is 334 g/mol. The molecule has 0 amide bonds. The highest BCUT2D eigenvalue weighted by atomic mass is 32.2.